The van der Waals surface area contributed by atoms with Gasteiger partial charge in [-0.25, -0.2) is 18.1 Å². The zero-order chi connectivity index (χ0) is 23.4. The predicted octanol–water partition coefficient (Wildman–Crippen LogP) is 5.28. The Kier molecular flexibility index (Phi) is 6.78. The van der Waals surface area contributed by atoms with Gasteiger partial charge in [-0.3, -0.25) is 0 Å². The third kappa shape index (κ3) is 5.24. The molecule has 0 fully saturated rings. The fourth-order valence-electron chi connectivity index (χ4n) is 3.28. The van der Waals surface area contributed by atoms with Gasteiger partial charge in [-0.2, -0.15) is 0 Å². The second-order valence-corrected chi connectivity index (χ2v) is 10.1. The molecule has 0 aliphatic carbocycles. The zero-order valence-electron chi connectivity index (χ0n) is 18.5. The summed E-state index contributed by atoms with van der Waals surface area (Å²) in [6, 6.07) is 20.2. The highest BCUT2D eigenvalue weighted by atomic mass is 32.2. The Balaban J connectivity index is 1.46. The van der Waals surface area contributed by atoms with Crippen molar-refractivity contribution in [3.8, 4) is 33.3 Å². The van der Waals surface area contributed by atoms with E-state index in [1.165, 1.54) is 0 Å². The number of aryl methyl sites for hydroxylation is 1. The van der Waals surface area contributed by atoms with Crippen LogP contribution in [0.1, 0.15) is 11.1 Å². The Morgan fingerprint density at radius 3 is 2.21 bits per heavy atom. The Labute approximate surface area is 197 Å². The smallest absolute Gasteiger partial charge is 0.240 e. The molecular formula is C25H24N2O4S2. The van der Waals surface area contributed by atoms with Crippen LogP contribution in [0.15, 0.2) is 77.0 Å². The lowest BCUT2D eigenvalue weighted by Gasteiger charge is -2.08. The lowest BCUT2D eigenvalue weighted by atomic mass is 10.1. The molecule has 4 aromatic rings. The first-order chi connectivity index (χ1) is 15.9. The van der Waals surface area contributed by atoms with Crippen molar-refractivity contribution in [3.05, 3.63) is 83.2 Å². The van der Waals surface area contributed by atoms with E-state index in [0.717, 1.165) is 33.0 Å². The van der Waals surface area contributed by atoms with E-state index >= 15 is 0 Å². The summed E-state index contributed by atoms with van der Waals surface area (Å²) in [4.78, 5) is 5.01. The molecule has 1 N–H and O–H groups in total. The van der Waals surface area contributed by atoms with Crippen LogP contribution in [0.2, 0.25) is 0 Å². The van der Waals surface area contributed by atoms with Crippen molar-refractivity contribution in [2.45, 2.75) is 18.4 Å². The Hall–Kier alpha value is -3.20. The predicted molar refractivity (Wildman–Crippen MR) is 131 cm³/mol. The van der Waals surface area contributed by atoms with Crippen LogP contribution in [0.3, 0.4) is 0 Å². The second-order valence-electron chi connectivity index (χ2n) is 7.44. The molecule has 0 unspecified atom stereocenters. The molecule has 0 saturated heterocycles. The number of hydrogen-bond donors (Lipinski definition) is 1. The van der Waals surface area contributed by atoms with Crippen LogP contribution >= 0.6 is 11.3 Å². The molecule has 0 amide bonds. The van der Waals surface area contributed by atoms with Gasteiger partial charge in [0.15, 0.2) is 11.5 Å². The van der Waals surface area contributed by atoms with E-state index in [4.69, 9.17) is 14.5 Å². The van der Waals surface area contributed by atoms with Crippen molar-refractivity contribution in [2.75, 3.05) is 14.2 Å². The molecule has 0 bridgehead atoms. The maximum absolute atomic E-state index is 12.5. The van der Waals surface area contributed by atoms with E-state index in [9.17, 15) is 8.42 Å². The monoisotopic (exact) mass is 480 g/mol. The summed E-state index contributed by atoms with van der Waals surface area (Å²) in [5, 5.41) is 2.88. The summed E-state index contributed by atoms with van der Waals surface area (Å²) in [6.07, 6.45) is 0. The molecule has 0 spiro atoms. The number of nitrogens with one attached hydrogen (secondary N) is 1. The molecule has 3 aromatic carbocycles. The van der Waals surface area contributed by atoms with Gasteiger partial charge in [0.2, 0.25) is 10.0 Å². The molecule has 0 radical (unpaired) electrons. The number of methoxy groups -OCH3 is 2. The number of hydrogen-bond acceptors (Lipinski definition) is 6. The van der Waals surface area contributed by atoms with Gasteiger partial charge in [0.25, 0.3) is 0 Å². The maximum Gasteiger partial charge on any atom is 0.240 e. The Bertz CT molecular complexity index is 1350. The molecule has 1 aromatic heterocycles. The Morgan fingerprint density at radius 2 is 1.55 bits per heavy atom. The van der Waals surface area contributed by atoms with Crippen molar-refractivity contribution >= 4 is 21.4 Å². The minimum absolute atomic E-state index is 0.214. The molecule has 0 aliphatic rings. The van der Waals surface area contributed by atoms with E-state index in [1.54, 1.807) is 49.8 Å². The standard InChI is InChI=1S/C25H24N2O4S2/c1-17-4-11-21(12-5-17)33(28,29)26-15-18-6-8-19(9-7-18)25-27-22(16-32-25)20-10-13-23(30-2)24(14-20)31-3/h4-14,16,26H,15H2,1-3H3. The van der Waals surface area contributed by atoms with Crippen molar-refractivity contribution in [2.24, 2.45) is 0 Å². The van der Waals surface area contributed by atoms with Crippen molar-refractivity contribution in [1.82, 2.24) is 9.71 Å². The van der Waals surface area contributed by atoms with Crippen molar-refractivity contribution in [1.29, 1.82) is 0 Å². The van der Waals surface area contributed by atoms with E-state index < -0.39 is 10.0 Å². The number of sulfonamides is 1. The average Bonchev–Trinajstić information content (AvgIpc) is 3.33. The van der Waals surface area contributed by atoms with E-state index in [-0.39, 0.29) is 11.4 Å². The number of ether oxygens (including phenoxy) is 2. The highest BCUT2D eigenvalue weighted by Gasteiger charge is 2.14. The number of aromatic nitrogens is 1. The summed E-state index contributed by atoms with van der Waals surface area (Å²) >= 11 is 1.55. The first kappa shape index (κ1) is 23.0. The summed E-state index contributed by atoms with van der Waals surface area (Å²) in [5.74, 6) is 1.33. The molecule has 170 valence electrons. The Morgan fingerprint density at radius 1 is 0.879 bits per heavy atom. The summed E-state index contributed by atoms with van der Waals surface area (Å²) in [7, 11) is -0.341. The van der Waals surface area contributed by atoms with Gasteiger partial charge in [0.1, 0.15) is 5.01 Å². The van der Waals surface area contributed by atoms with Crippen LogP contribution in [0.5, 0.6) is 11.5 Å². The van der Waals surface area contributed by atoms with Gasteiger partial charge in [0, 0.05) is 23.1 Å². The first-order valence-electron chi connectivity index (χ1n) is 10.2. The fraction of sp³-hybridized carbons (Fsp3) is 0.160. The number of nitrogens with zero attached hydrogens (tertiary/aromatic N) is 1. The largest absolute Gasteiger partial charge is 0.493 e. The molecule has 33 heavy (non-hydrogen) atoms. The van der Waals surface area contributed by atoms with Gasteiger partial charge in [-0.15, -0.1) is 11.3 Å². The van der Waals surface area contributed by atoms with E-state index in [1.807, 2.05) is 54.8 Å². The van der Waals surface area contributed by atoms with Gasteiger partial charge in [0.05, 0.1) is 24.8 Å². The van der Waals surface area contributed by atoms with Gasteiger partial charge in [-0.05, 0) is 42.8 Å². The number of benzene rings is 3. The molecule has 0 aliphatic heterocycles. The number of rotatable bonds is 8. The first-order valence-corrected chi connectivity index (χ1v) is 12.6. The fourth-order valence-corrected chi connectivity index (χ4v) is 5.13. The summed E-state index contributed by atoms with van der Waals surface area (Å²) in [5.41, 5.74) is 4.65. The third-order valence-corrected chi connectivity index (χ3v) is 7.49. The number of thiazole rings is 1. The highest BCUT2D eigenvalue weighted by molar-refractivity contribution is 7.89. The van der Waals surface area contributed by atoms with Crippen LogP contribution in [0.25, 0.3) is 21.8 Å². The van der Waals surface area contributed by atoms with Gasteiger partial charge >= 0.3 is 0 Å². The van der Waals surface area contributed by atoms with Crippen LogP contribution in [0.4, 0.5) is 0 Å². The maximum atomic E-state index is 12.5. The summed E-state index contributed by atoms with van der Waals surface area (Å²) < 4.78 is 38.3. The molecule has 0 saturated carbocycles. The van der Waals surface area contributed by atoms with Crippen LogP contribution < -0.4 is 14.2 Å². The molecule has 6 nitrogen and oxygen atoms in total. The highest BCUT2D eigenvalue weighted by Crippen LogP contribution is 2.34. The van der Waals surface area contributed by atoms with E-state index in [0.29, 0.717) is 11.5 Å². The molecule has 0 atom stereocenters. The van der Waals surface area contributed by atoms with Gasteiger partial charge in [-0.1, -0.05) is 42.0 Å². The minimum atomic E-state index is -3.56. The van der Waals surface area contributed by atoms with Crippen LogP contribution in [-0.2, 0) is 16.6 Å². The molecule has 4 rings (SSSR count). The van der Waals surface area contributed by atoms with Crippen LogP contribution in [0, 0.1) is 6.92 Å². The normalized spacial score (nSPS) is 11.4. The third-order valence-electron chi connectivity index (χ3n) is 5.18. The molecule has 1 heterocycles. The molecular weight excluding hydrogens is 456 g/mol. The van der Waals surface area contributed by atoms with Gasteiger partial charge < -0.3 is 9.47 Å². The summed E-state index contributed by atoms with van der Waals surface area (Å²) in [6.45, 7) is 2.13. The van der Waals surface area contributed by atoms with Crippen molar-refractivity contribution < 1.29 is 17.9 Å². The topological polar surface area (TPSA) is 77.5 Å². The second kappa shape index (κ2) is 9.74. The lowest BCUT2D eigenvalue weighted by molar-refractivity contribution is 0.355. The lowest BCUT2D eigenvalue weighted by Crippen LogP contribution is -2.23. The quantitative estimate of drug-likeness (QED) is 0.371. The molecule has 8 heteroatoms. The zero-order valence-corrected chi connectivity index (χ0v) is 20.2. The minimum Gasteiger partial charge on any atom is -0.493 e. The van der Waals surface area contributed by atoms with Crippen molar-refractivity contribution in [3.63, 3.8) is 0 Å². The SMILES string of the molecule is COc1ccc(-c2csc(-c3ccc(CNS(=O)(=O)c4ccc(C)cc4)cc3)n2)cc1OC. The van der Waals surface area contributed by atoms with E-state index in [2.05, 4.69) is 4.72 Å². The average molecular weight is 481 g/mol. The van der Waals surface area contributed by atoms with Crippen LogP contribution in [-0.4, -0.2) is 27.6 Å².